The average Bonchev–Trinajstić information content (AvgIpc) is 2.16. The molecule has 0 aliphatic carbocycles. The van der Waals surface area contributed by atoms with Gasteiger partial charge in [-0.25, -0.2) is 4.98 Å². The van der Waals surface area contributed by atoms with Gasteiger partial charge < -0.3 is 10.8 Å². The molecule has 0 saturated heterocycles. The van der Waals surface area contributed by atoms with Crippen LogP contribution in [0.4, 0.5) is 5.69 Å². The Labute approximate surface area is 92.9 Å². The largest absolute Gasteiger partial charge is 0.481 e. The Morgan fingerprint density at radius 3 is 2.87 bits per heavy atom. The van der Waals surface area contributed by atoms with E-state index in [4.69, 9.17) is 10.8 Å². The van der Waals surface area contributed by atoms with Crippen molar-refractivity contribution in [3.63, 3.8) is 0 Å². The quantitative estimate of drug-likeness (QED) is 0.766. The van der Waals surface area contributed by atoms with Crippen molar-refractivity contribution >= 4 is 23.4 Å². The first-order valence-corrected chi connectivity index (χ1v) is 5.49. The van der Waals surface area contributed by atoms with E-state index in [-0.39, 0.29) is 0 Å². The van der Waals surface area contributed by atoms with E-state index in [1.54, 1.807) is 32.2 Å². The summed E-state index contributed by atoms with van der Waals surface area (Å²) in [5, 5.41) is 9.61. The molecule has 0 saturated carbocycles. The molecule has 1 heterocycles. The highest BCUT2D eigenvalue weighted by molar-refractivity contribution is 7.99. The molecule has 0 unspecified atom stereocenters. The zero-order chi connectivity index (χ0) is 11.5. The van der Waals surface area contributed by atoms with E-state index in [1.165, 1.54) is 11.8 Å². The van der Waals surface area contributed by atoms with Gasteiger partial charge in [-0.05, 0) is 26.0 Å². The van der Waals surface area contributed by atoms with Gasteiger partial charge in [0.25, 0.3) is 0 Å². The number of carboxylic acid groups (broad SMARTS) is 1. The third-order valence-corrected chi connectivity index (χ3v) is 3.43. The Morgan fingerprint density at radius 2 is 2.33 bits per heavy atom. The number of hydrogen-bond acceptors (Lipinski definition) is 4. The van der Waals surface area contributed by atoms with Gasteiger partial charge in [0.15, 0.2) is 0 Å². The highest BCUT2D eigenvalue weighted by Crippen LogP contribution is 2.29. The minimum absolute atomic E-state index is 0.448. The van der Waals surface area contributed by atoms with Crippen LogP contribution in [0.3, 0.4) is 0 Å². The second-order valence-electron chi connectivity index (χ2n) is 3.88. The van der Waals surface area contributed by atoms with Crippen LogP contribution in [-0.2, 0) is 4.79 Å². The number of hydrogen-bond donors (Lipinski definition) is 2. The number of nitrogen functional groups attached to an aromatic ring is 1. The topological polar surface area (TPSA) is 76.2 Å². The molecule has 4 nitrogen and oxygen atoms in total. The molecule has 0 atom stereocenters. The summed E-state index contributed by atoms with van der Waals surface area (Å²) in [5.74, 6) is -0.367. The monoisotopic (exact) mass is 226 g/mol. The molecule has 0 amide bonds. The summed E-state index contributed by atoms with van der Waals surface area (Å²) >= 11 is 1.37. The Kier molecular flexibility index (Phi) is 3.57. The van der Waals surface area contributed by atoms with Crippen molar-refractivity contribution in [2.45, 2.75) is 18.9 Å². The molecular formula is C10H14N2O2S. The zero-order valence-corrected chi connectivity index (χ0v) is 9.54. The third kappa shape index (κ3) is 3.13. The first-order chi connectivity index (χ1) is 6.93. The highest BCUT2D eigenvalue weighted by atomic mass is 32.2. The van der Waals surface area contributed by atoms with E-state index in [1.807, 2.05) is 0 Å². The predicted molar refractivity (Wildman–Crippen MR) is 60.8 cm³/mol. The summed E-state index contributed by atoms with van der Waals surface area (Å²) in [5.41, 5.74) is 5.51. The first-order valence-electron chi connectivity index (χ1n) is 4.50. The van der Waals surface area contributed by atoms with Crippen molar-refractivity contribution in [3.8, 4) is 0 Å². The SMILES string of the molecule is CC(C)(CSc1ncccc1N)C(=O)O. The minimum atomic E-state index is -0.815. The van der Waals surface area contributed by atoms with E-state index in [0.29, 0.717) is 16.5 Å². The van der Waals surface area contributed by atoms with Crippen LogP contribution in [0.15, 0.2) is 23.4 Å². The Hall–Kier alpha value is -1.23. The van der Waals surface area contributed by atoms with Crippen LogP contribution >= 0.6 is 11.8 Å². The summed E-state index contributed by atoms with van der Waals surface area (Å²) in [4.78, 5) is 14.9. The second kappa shape index (κ2) is 4.53. The van der Waals surface area contributed by atoms with Crippen molar-refractivity contribution in [1.82, 2.24) is 4.98 Å². The summed E-state index contributed by atoms with van der Waals surface area (Å²) in [7, 11) is 0. The maximum Gasteiger partial charge on any atom is 0.309 e. The number of rotatable bonds is 4. The van der Waals surface area contributed by atoms with Gasteiger partial charge in [-0.15, -0.1) is 11.8 Å². The first kappa shape index (κ1) is 11.8. The molecule has 5 heteroatoms. The Morgan fingerprint density at radius 1 is 1.67 bits per heavy atom. The number of nitrogens with two attached hydrogens (primary N) is 1. The molecule has 0 bridgehead atoms. The third-order valence-electron chi connectivity index (χ3n) is 1.95. The molecule has 1 rings (SSSR count). The van der Waals surface area contributed by atoms with Gasteiger partial charge in [-0.2, -0.15) is 0 Å². The van der Waals surface area contributed by atoms with Gasteiger partial charge in [0, 0.05) is 11.9 Å². The van der Waals surface area contributed by atoms with Gasteiger partial charge in [-0.3, -0.25) is 4.79 Å². The normalized spacial score (nSPS) is 11.3. The van der Waals surface area contributed by atoms with Gasteiger partial charge in [0.1, 0.15) is 5.03 Å². The number of pyridine rings is 1. The Bertz CT molecular complexity index is 366. The lowest BCUT2D eigenvalue weighted by atomic mass is 9.97. The van der Waals surface area contributed by atoms with Crippen LogP contribution in [0.5, 0.6) is 0 Å². The fourth-order valence-corrected chi connectivity index (χ4v) is 1.83. The van der Waals surface area contributed by atoms with Crippen LogP contribution in [-0.4, -0.2) is 21.8 Å². The molecule has 0 spiro atoms. The van der Waals surface area contributed by atoms with E-state index in [0.717, 1.165) is 0 Å². The minimum Gasteiger partial charge on any atom is -0.481 e. The fraction of sp³-hybridized carbons (Fsp3) is 0.400. The lowest BCUT2D eigenvalue weighted by Gasteiger charge is -2.18. The maximum atomic E-state index is 10.9. The van der Waals surface area contributed by atoms with Gasteiger partial charge in [-0.1, -0.05) is 0 Å². The molecule has 3 N–H and O–H groups in total. The number of nitrogens with zero attached hydrogens (tertiary/aromatic N) is 1. The lowest BCUT2D eigenvalue weighted by Crippen LogP contribution is -2.26. The molecular weight excluding hydrogens is 212 g/mol. The van der Waals surface area contributed by atoms with Crippen LogP contribution in [0.25, 0.3) is 0 Å². The Balaban J connectivity index is 2.66. The number of anilines is 1. The molecule has 82 valence electrons. The predicted octanol–water partition coefficient (Wildman–Crippen LogP) is 1.87. The van der Waals surface area contributed by atoms with Crippen molar-refractivity contribution in [3.05, 3.63) is 18.3 Å². The van der Waals surface area contributed by atoms with Crippen LogP contribution in [0.2, 0.25) is 0 Å². The summed E-state index contributed by atoms with van der Waals surface area (Å²) in [6, 6.07) is 3.50. The maximum absolute atomic E-state index is 10.9. The van der Waals surface area contributed by atoms with E-state index in [9.17, 15) is 4.79 Å². The number of thioether (sulfide) groups is 1. The molecule has 0 fully saturated rings. The summed E-state index contributed by atoms with van der Waals surface area (Å²) in [6.07, 6.45) is 1.65. The van der Waals surface area contributed by atoms with Crippen molar-refractivity contribution in [1.29, 1.82) is 0 Å². The molecule has 1 aromatic rings. The average molecular weight is 226 g/mol. The molecule has 0 aliphatic rings. The summed E-state index contributed by atoms with van der Waals surface area (Å²) < 4.78 is 0. The van der Waals surface area contributed by atoms with E-state index in [2.05, 4.69) is 4.98 Å². The number of carbonyl (C=O) groups is 1. The van der Waals surface area contributed by atoms with Gasteiger partial charge in [0.2, 0.25) is 0 Å². The lowest BCUT2D eigenvalue weighted by molar-refractivity contribution is -0.145. The molecule has 1 aromatic heterocycles. The summed E-state index contributed by atoms with van der Waals surface area (Å²) in [6.45, 7) is 3.36. The van der Waals surface area contributed by atoms with Crippen molar-refractivity contribution in [2.24, 2.45) is 5.41 Å². The smallest absolute Gasteiger partial charge is 0.309 e. The van der Waals surface area contributed by atoms with Gasteiger partial charge in [0.05, 0.1) is 11.1 Å². The second-order valence-corrected chi connectivity index (χ2v) is 4.84. The fourth-order valence-electron chi connectivity index (χ4n) is 0.834. The molecule has 0 aromatic carbocycles. The highest BCUT2D eigenvalue weighted by Gasteiger charge is 2.27. The van der Waals surface area contributed by atoms with E-state index < -0.39 is 11.4 Å². The van der Waals surface area contributed by atoms with Crippen molar-refractivity contribution in [2.75, 3.05) is 11.5 Å². The van der Waals surface area contributed by atoms with Crippen molar-refractivity contribution < 1.29 is 9.90 Å². The molecule has 0 aliphatic heterocycles. The number of aliphatic carboxylic acids is 1. The van der Waals surface area contributed by atoms with Gasteiger partial charge >= 0.3 is 5.97 Å². The number of carboxylic acids is 1. The van der Waals surface area contributed by atoms with E-state index >= 15 is 0 Å². The molecule has 15 heavy (non-hydrogen) atoms. The zero-order valence-electron chi connectivity index (χ0n) is 8.73. The molecule has 0 radical (unpaired) electrons. The van der Waals surface area contributed by atoms with Crippen LogP contribution < -0.4 is 5.73 Å². The van der Waals surface area contributed by atoms with Crippen LogP contribution in [0, 0.1) is 5.41 Å². The standard InChI is InChI=1S/C10H14N2O2S/c1-10(2,9(13)14)6-15-8-7(11)4-3-5-12-8/h3-5H,6,11H2,1-2H3,(H,13,14). The van der Waals surface area contributed by atoms with Crippen LogP contribution in [0.1, 0.15) is 13.8 Å². The number of aromatic nitrogens is 1.